The Morgan fingerprint density at radius 2 is 2.38 bits per heavy atom. The van der Waals surface area contributed by atoms with Gasteiger partial charge in [-0.2, -0.15) is 0 Å². The maximum Gasteiger partial charge on any atom is 0.337 e. The van der Waals surface area contributed by atoms with Gasteiger partial charge in [0.05, 0.1) is 17.3 Å². The topological polar surface area (TPSA) is 66.0 Å². The summed E-state index contributed by atoms with van der Waals surface area (Å²) in [4.78, 5) is 17.7. The lowest BCUT2D eigenvalue weighted by atomic mass is 10.2. The van der Waals surface area contributed by atoms with Gasteiger partial charge in [0.1, 0.15) is 0 Å². The number of carboxylic acids is 1. The zero-order chi connectivity index (χ0) is 9.42. The van der Waals surface area contributed by atoms with Crippen molar-refractivity contribution in [2.75, 3.05) is 0 Å². The number of nitrogens with one attached hydrogen (secondary N) is 1. The van der Waals surface area contributed by atoms with Gasteiger partial charge in [0.25, 0.3) is 0 Å². The van der Waals surface area contributed by atoms with Crippen LogP contribution in [0.2, 0.25) is 0 Å². The molecule has 2 N–H and O–H groups in total. The highest BCUT2D eigenvalue weighted by Crippen LogP contribution is 2.17. The predicted octanol–water partition coefficient (Wildman–Crippen LogP) is 1.57. The molecule has 0 aliphatic carbocycles. The van der Waals surface area contributed by atoms with Gasteiger partial charge in [-0.1, -0.05) is 0 Å². The number of aromatic amines is 1. The summed E-state index contributed by atoms with van der Waals surface area (Å²) < 4.78 is 0. The number of aromatic carboxylic acids is 1. The van der Waals surface area contributed by atoms with Gasteiger partial charge in [-0.05, 0) is 13.0 Å². The quantitative estimate of drug-likeness (QED) is 0.693. The molecule has 0 amide bonds. The number of pyridine rings is 1. The van der Waals surface area contributed by atoms with Gasteiger partial charge >= 0.3 is 5.97 Å². The van der Waals surface area contributed by atoms with Crippen molar-refractivity contribution in [3.05, 3.63) is 29.7 Å². The van der Waals surface area contributed by atoms with Crippen LogP contribution in [0.1, 0.15) is 16.1 Å². The van der Waals surface area contributed by atoms with Crippen molar-refractivity contribution in [3.8, 4) is 0 Å². The van der Waals surface area contributed by atoms with Crippen molar-refractivity contribution < 1.29 is 9.90 Å². The summed E-state index contributed by atoms with van der Waals surface area (Å²) in [6.07, 6.45) is 3.12. The summed E-state index contributed by atoms with van der Waals surface area (Å²) in [5.74, 6) is -0.920. The van der Waals surface area contributed by atoms with Gasteiger partial charge in [0, 0.05) is 17.3 Å². The lowest BCUT2D eigenvalue weighted by molar-refractivity contribution is 0.0699. The minimum atomic E-state index is -0.920. The monoisotopic (exact) mass is 176 g/mol. The lowest BCUT2D eigenvalue weighted by Gasteiger charge is -1.93. The molecule has 0 radical (unpaired) electrons. The molecular weight excluding hydrogens is 168 g/mol. The van der Waals surface area contributed by atoms with Crippen LogP contribution in [0.5, 0.6) is 0 Å². The third kappa shape index (κ3) is 1.16. The molecule has 4 heteroatoms. The van der Waals surface area contributed by atoms with E-state index in [0.29, 0.717) is 10.9 Å². The normalized spacial score (nSPS) is 10.5. The molecule has 2 aromatic heterocycles. The second-order valence-electron chi connectivity index (χ2n) is 2.88. The molecule has 0 aliphatic heterocycles. The third-order valence-electron chi connectivity index (χ3n) is 1.93. The standard InChI is InChI=1S/C9H8N2O2/c1-5-2-6-7(9(12)13)3-11-8(6)4-10-5/h2-4,11H,1H3,(H,12,13). The Balaban J connectivity index is 2.79. The first-order chi connectivity index (χ1) is 6.18. The summed E-state index contributed by atoms with van der Waals surface area (Å²) >= 11 is 0. The molecule has 4 nitrogen and oxygen atoms in total. The second kappa shape index (κ2) is 2.58. The first kappa shape index (κ1) is 7.79. The van der Waals surface area contributed by atoms with E-state index >= 15 is 0 Å². The number of aryl methyl sites for hydroxylation is 1. The van der Waals surface area contributed by atoms with Gasteiger partial charge in [0.2, 0.25) is 0 Å². The number of hydrogen-bond donors (Lipinski definition) is 2. The number of H-pyrrole nitrogens is 1. The van der Waals surface area contributed by atoms with Crippen LogP contribution in [-0.2, 0) is 0 Å². The van der Waals surface area contributed by atoms with Gasteiger partial charge in [-0.3, -0.25) is 4.98 Å². The molecule has 0 saturated carbocycles. The van der Waals surface area contributed by atoms with E-state index in [4.69, 9.17) is 5.11 Å². The van der Waals surface area contributed by atoms with Crippen molar-refractivity contribution >= 4 is 16.9 Å². The molecule has 2 rings (SSSR count). The largest absolute Gasteiger partial charge is 0.478 e. The van der Waals surface area contributed by atoms with Crippen molar-refractivity contribution in [2.45, 2.75) is 6.92 Å². The van der Waals surface area contributed by atoms with Crippen LogP contribution in [-0.4, -0.2) is 21.0 Å². The van der Waals surface area contributed by atoms with Crippen molar-refractivity contribution in [1.82, 2.24) is 9.97 Å². The van der Waals surface area contributed by atoms with E-state index in [2.05, 4.69) is 9.97 Å². The van der Waals surface area contributed by atoms with E-state index in [1.165, 1.54) is 6.20 Å². The number of aromatic nitrogens is 2. The Morgan fingerprint density at radius 1 is 1.62 bits per heavy atom. The van der Waals surface area contributed by atoms with Gasteiger partial charge in [-0.25, -0.2) is 4.79 Å². The maximum atomic E-state index is 10.7. The average molecular weight is 176 g/mol. The zero-order valence-electron chi connectivity index (χ0n) is 7.03. The molecular formula is C9H8N2O2. The second-order valence-corrected chi connectivity index (χ2v) is 2.88. The number of carbonyl (C=O) groups is 1. The number of nitrogens with zero attached hydrogens (tertiary/aromatic N) is 1. The number of carboxylic acid groups (broad SMARTS) is 1. The first-order valence-corrected chi connectivity index (χ1v) is 3.85. The Kier molecular flexibility index (Phi) is 1.55. The Labute approximate surface area is 74.2 Å². The van der Waals surface area contributed by atoms with E-state index in [1.807, 2.05) is 6.92 Å². The summed E-state index contributed by atoms with van der Waals surface area (Å²) in [5.41, 5.74) is 1.86. The van der Waals surface area contributed by atoms with E-state index in [0.717, 1.165) is 11.2 Å². The minimum absolute atomic E-state index is 0.292. The molecule has 0 aromatic carbocycles. The van der Waals surface area contributed by atoms with Crippen LogP contribution in [0.25, 0.3) is 10.9 Å². The van der Waals surface area contributed by atoms with Crippen LogP contribution >= 0.6 is 0 Å². The highest BCUT2D eigenvalue weighted by atomic mass is 16.4. The fourth-order valence-electron chi connectivity index (χ4n) is 1.30. The Bertz CT molecular complexity index is 473. The SMILES string of the molecule is Cc1cc2c(C(=O)O)c[nH]c2cn1. The van der Waals surface area contributed by atoms with Gasteiger partial charge in [0.15, 0.2) is 0 Å². The Morgan fingerprint density at radius 3 is 3.08 bits per heavy atom. The van der Waals surface area contributed by atoms with E-state index < -0.39 is 5.97 Å². The van der Waals surface area contributed by atoms with Crippen LogP contribution in [0.15, 0.2) is 18.5 Å². The number of rotatable bonds is 1. The molecule has 0 aliphatic rings. The van der Waals surface area contributed by atoms with Gasteiger partial charge in [-0.15, -0.1) is 0 Å². The lowest BCUT2D eigenvalue weighted by Crippen LogP contribution is -1.93. The fraction of sp³-hybridized carbons (Fsp3) is 0.111. The highest BCUT2D eigenvalue weighted by Gasteiger charge is 2.09. The summed E-state index contributed by atoms with van der Waals surface area (Å²) in [6, 6.07) is 1.76. The molecule has 0 unspecified atom stereocenters. The smallest absolute Gasteiger partial charge is 0.337 e. The van der Waals surface area contributed by atoms with E-state index in [-0.39, 0.29) is 0 Å². The fourth-order valence-corrected chi connectivity index (χ4v) is 1.30. The first-order valence-electron chi connectivity index (χ1n) is 3.85. The molecule has 2 aromatic rings. The predicted molar refractivity (Wildman–Crippen MR) is 47.8 cm³/mol. The minimum Gasteiger partial charge on any atom is -0.478 e. The van der Waals surface area contributed by atoms with E-state index in [9.17, 15) is 4.79 Å². The third-order valence-corrected chi connectivity index (χ3v) is 1.93. The summed E-state index contributed by atoms with van der Waals surface area (Å²) in [7, 11) is 0. The van der Waals surface area contributed by atoms with Crippen molar-refractivity contribution in [3.63, 3.8) is 0 Å². The molecule has 66 valence electrons. The van der Waals surface area contributed by atoms with Crippen molar-refractivity contribution in [1.29, 1.82) is 0 Å². The Hall–Kier alpha value is -1.84. The highest BCUT2D eigenvalue weighted by molar-refractivity contribution is 6.02. The number of hydrogen-bond acceptors (Lipinski definition) is 2. The maximum absolute atomic E-state index is 10.7. The van der Waals surface area contributed by atoms with Crippen LogP contribution in [0, 0.1) is 6.92 Å². The summed E-state index contributed by atoms with van der Waals surface area (Å²) in [6.45, 7) is 1.83. The summed E-state index contributed by atoms with van der Waals surface area (Å²) in [5, 5.41) is 9.53. The van der Waals surface area contributed by atoms with E-state index in [1.54, 1.807) is 12.3 Å². The van der Waals surface area contributed by atoms with Crippen LogP contribution in [0.3, 0.4) is 0 Å². The molecule has 0 atom stereocenters. The molecule has 2 heterocycles. The molecule has 0 saturated heterocycles. The van der Waals surface area contributed by atoms with Crippen LogP contribution < -0.4 is 0 Å². The van der Waals surface area contributed by atoms with Gasteiger partial charge < -0.3 is 10.1 Å². The molecule has 0 bridgehead atoms. The van der Waals surface area contributed by atoms with Crippen LogP contribution in [0.4, 0.5) is 0 Å². The molecule has 0 spiro atoms. The zero-order valence-corrected chi connectivity index (χ0v) is 7.03. The molecule has 0 fully saturated rings. The molecule has 13 heavy (non-hydrogen) atoms. The number of fused-ring (bicyclic) bond motifs is 1. The van der Waals surface area contributed by atoms with Crippen molar-refractivity contribution in [2.24, 2.45) is 0 Å². The average Bonchev–Trinajstić information content (AvgIpc) is 2.46.